The Kier molecular flexibility index (Phi) is 2.04. The summed E-state index contributed by atoms with van der Waals surface area (Å²) in [5.74, 6) is 0.653. The molecule has 2 rings (SSSR count). The minimum Gasteiger partial charge on any atom is -0.350 e. The number of nitrogens with zero attached hydrogens (tertiary/aromatic N) is 2. The van der Waals surface area contributed by atoms with Gasteiger partial charge in [0, 0.05) is 19.8 Å². The van der Waals surface area contributed by atoms with Crippen molar-refractivity contribution in [1.82, 2.24) is 15.1 Å². The molecule has 0 spiro atoms. The number of aromatic nitrogens is 2. The molecule has 1 aliphatic rings. The molecule has 0 saturated heterocycles. The molecule has 0 radical (unpaired) electrons. The van der Waals surface area contributed by atoms with Crippen LogP contribution in [-0.2, 0) is 7.05 Å². The first-order valence-corrected chi connectivity index (χ1v) is 4.53. The summed E-state index contributed by atoms with van der Waals surface area (Å²) in [5, 5.41) is 6.87. The van der Waals surface area contributed by atoms with Crippen molar-refractivity contribution in [2.24, 2.45) is 13.0 Å². The van der Waals surface area contributed by atoms with Crippen molar-refractivity contribution in [2.75, 3.05) is 6.54 Å². The molecule has 4 heteroatoms. The molecule has 4 nitrogen and oxygen atoms in total. The number of rotatable bonds is 3. The van der Waals surface area contributed by atoms with Crippen molar-refractivity contribution < 1.29 is 4.79 Å². The van der Waals surface area contributed by atoms with Crippen LogP contribution in [0.4, 0.5) is 0 Å². The Labute approximate surface area is 76.9 Å². The van der Waals surface area contributed by atoms with Crippen LogP contribution in [0, 0.1) is 5.92 Å². The van der Waals surface area contributed by atoms with Gasteiger partial charge in [-0.1, -0.05) is 0 Å². The van der Waals surface area contributed by atoms with Crippen LogP contribution < -0.4 is 5.32 Å². The largest absolute Gasteiger partial charge is 0.350 e. The van der Waals surface area contributed by atoms with E-state index in [1.165, 1.54) is 12.8 Å². The maximum Gasteiger partial charge on any atom is 0.271 e. The lowest BCUT2D eigenvalue weighted by molar-refractivity contribution is 0.0946. The molecule has 1 heterocycles. The van der Waals surface area contributed by atoms with Crippen molar-refractivity contribution in [3.63, 3.8) is 0 Å². The van der Waals surface area contributed by atoms with Gasteiger partial charge in [-0.25, -0.2) is 0 Å². The van der Waals surface area contributed by atoms with E-state index >= 15 is 0 Å². The van der Waals surface area contributed by atoms with Crippen molar-refractivity contribution in [1.29, 1.82) is 0 Å². The zero-order chi connectivity index (χ0) is 9.26. The Bertz CT molecular complexity index is 314. The predicted molar refractivity (Wildman–Crippen MR) is 48.3 cm³/mol. The van der Waals surface area contributed by atoms with Gasteiger partial charge in [-0.15, -0.1) is 0 Å². The summed E-state index contributed by atoms with van der Waals surface area (Å²) in [5.41, 5.74) is 0.503. The van der Waals surface area contributed by atoms with Crippen LogP contribution in [0.25, 0.3) is 0 Å². The van der Waals surface area contributed by atoms with Gasteiger partial charge in [0.1, 0.15) is 5.69 Å². The molecule has 1 fully saturated rings. The summed E-state index contributed by atoms with van der Waals surface area (Å²) in [6.45, 7) is 0.801. The Hall–Kier alpha value is -1.32. The van der Waals surface area contributed by atoms with Crippen molar-refractivity contribution >= 4 is 5.91 Å². The van der Waals surface area contributed by atoms with E-state index in [0.29, 0.717) is 11.6 Å². The first kappa shape index (κ1) is 8.29. The second-order valence-electron chi connectivity index (χ2n) is 3.53. The van der Waals surface area contributed by atoms with Crippen molar-refractivity contribution in [2.45, 2.75) is 12.8 Å². The zero-order valence-electron chi connectivity index (χ0n) is 7.66. The van der Waals surface area contributed by atoms with Crippen molar-refractivity contribution in [3.05, 3.63) is 18.0 Å². The van der Waals surface area contributed by atoms with Crippen LogP contribution in [-0.4, -0.2) is 22.2 Å². The summed E-state index contributed by atoms with van der Waals surface area (Å²) in [7, 11) is 1.80. The molecule has 13 heavy (non-hydrogen) atoms. The summed E-state index contributed by atoms with van der Waals surface area (Å²) >= 11 is 0. The molecule has 0 bridgehead atoms. The van der Waals surface area contributed by atoms with Gasteiger partial charge in [-0.3, -0.25) is 9.48 Å². The van der Waals surface area contributed by atoms with Crippen LogP contribution in [0.5, 0.6) is 0 Å². The SMILES string of the molecule is Cn1ccc(C(=O)NCC2CC2)n1. The summed E-state index contributed by atoms with van der Waals surface area (Å²) in [4.78, 5) is 11.4. The van der Waals surface area contributed by atoms with Crippen LogP contribution in [0.1, 0.15) is 23.3 Å². The maximum absolute atomic E-state index is 11.4. The topological polar surface area (TPSA) is 46.9 Å². The summed E-state index contributed by atoms with van der Waals surface area (Å²) in [6, 6.07) is 1.72. The highest BCUT2D eigenvalue weighted by atomic mass is 16.1. The molecule has 1 aromatic rings. The number of nitrogens with one attached hydrogen (secondary N) is 1. The number of aryl methyl sites for hydroxylation is 1. The minimum atomic E-state index is -0.0625. The third-order valence-corrected chi connectivity index (χ3v) is 2.19. The first-order chi connectivity index (χ1) is 6.25. The van der Waals surface area contributed by atoms with Gasteiger partial charge in [-0.2, -0.15) is 5.10 Å². The van der Waals surface area contributed by atoms with Gasteiger partial charge < -0.3 is 5.32 Å². The molecular formula is C9H13N3O. The lowest BCUT2D eigenvalue weighted by Crippen LogP contribution is -2.25. The van der Waals surface area contributed by atoms with Crippen LogP contribution in [0.15, 0.2) is 12.3 Å². The van der Waals surface area contributed by atoms with Gasteiger partial charge in [0.15, 0.2) is 0 Å². The van der Waals surface area contributed by atoms with E-state index in [1.54, 1.807) is 24.0 Å². The number of carbonyl (C=O) groups is 1. The lowest BCUT2D eigenvalue weighted by Gasteiger charge is -1.99. The van der Waals surface area contributed by atoms with Crippen LogP contribution in [0.2, 0.25) is 0 Å². The Morgan fingerprint density at radius 1 is 1.77 bits per heavy atom. The molecule has 70 valence electrons. The fourth-order valence-electron chi connectivity index (χ4n) is 1.19. The average molecular weight is 179 g/mol. The second-order valence-corrected chi connectivity index (χ2v) is 3.53. The van der Waals surface area contributed by atoms with Gasteiger partial charge in [0.25, 0.3) is 5.91 Å². The molecule has 1 aliphatic carbocycles. The van der Waals surface area contributed by atoms with E-state index < -0.39 is 0 Å². The van der Waals surface area contributed by atoms with E-state index in [0.717, 1.165) is 6.54 Å². The number of carbonyl (C=O) groups excluding carboxylic acids is 1. The zero-order valence-corrected chi connectivity index (χ0v) is 7.66. The maximum atomic E-state index is 11.4. The normalized spacial score (nSPS) is 15.8. The highest BCUT2D eigenvalue weighted by Gasteiger charge is 2.22. The molecule has 0 aliphatic heterocycles. The van der Waals surface area contributed by atoms with Crippen LogP contribution in [0.3, 0.4) is 0 Å². The predicted octanol–water partition coefficient (Wildman–Crippen LogP) is 0.560. The first-order valence-electron chi connectivity index (χ1n) is 4.53. The Morgan fingerprint density at radius 3 is 3.08 bits per heavy atom. The third-order valence-electron chi connectivity index (χ3n) is 2.19. The smallest absolute Gasteiger partial charge is 0.271 e. The number of amides is 1. The molecule has 1 amide bonds. The third kappa shape index (κ3) is 2.08. The van der Waals surface area contributed by atoms with Gasteiger partial charge >= 0.3 is 0 Å². The number of hydrogen-bond donors (Lipinski definition) is 1. The lowest BCUT2D eigenvalue weighted by atomic mass is 10.3. The average Bonchev–Trinajstić information content (AvgIpc) is 2.84. The van der Waals surface area contributed by atoms with E-state index in [9.17, 15) is 4.79 Å². The Balaban J connectivity index is 1.88. The molecule has 1 saturated carbocycles. The molecular weight excluding hydrogens is 166 g/mol. The molecule has 0 unspecified atom stereocenters. The van der Waals surface area contributed by atoms with E-state index in [1.807, 2.05) is 0 Å². The van der Waals surface area contributed by atoms with Gasteiger partial charge in [0.2, 0.25) is 0 Å². The standard InChI is InChI=1S/C9H13N3O/c1-12-5-4-8(11-12)9(13)10-6-7-2-3-7/h4-5,7H,2-3,6H2,1H3,(H,10,13). The molecule has 0 aromatic carbocycles. The summed E-state index contributed by atoms with van der Waals surface area (Å²) in [6.07, 6.45) is 4.27. The second kappa shape index (κ2) is 3.20. The molecule has 0 atom stereocenters. The van der Waals surface area contributed by atoms with Crippen LogP contribution >= 0.6 is 0 Å². The van der Waals surface area contributed by atoms with Gasteiger partial charge in [0.05, 0.1) is 0 Å². The van der Waals surface area contributed by atoms with Gasteiger partial charge in [-0.05, 0) is 24.8 Å². The fourth-order valence-corrected chi connectivity index (χ4v) is 1.19. The van der Waals surface area contributed by atoms with E-state index in [-0.39, 0.29) is 5.91 Å². The molecule has 1 aromatic heterocycles. The summed E-state index contributed by atoms with van der Waals surface area (Å²) < 4.78 is 1.63. The van der Waals surface area contributed by atoms with Crippen molar-refractivity contribution in [3.8, 4) is 0 Å². The Morgan fingerprint density at radius 2 is 2.54 bits per heavy atom. The van der Waals surface area contributed by atoms with E-state index in [2.05, 4.69) is 10.4 Å². The molecule has 1 N–H and O–H groups in total. The highest BCUT2D eigenvalue weighted by molar-refractivity contribution is 5.92. The highest BCUT2D eigenvalue weighted by Crippen LogP contribution is 2.27. The number of hydrogen-bond acceptors (Lipinski definition) is 2. The minimum absolute atomic E-state index is 0.0625. The monoisotopic (exact) mass is 179 g/mol. The fraction of sp³-hybridized carbons (Fsp3) is 0.556. The van der Waals surface area contributed by atoms with E-state index in [4.69, 9.17) is 0 Å². The quantitative estimate of drug-likeness (QED) is 0.737.